The molecule has 0 unspecified atom stereocenters. The summed E-state index contributed by atoms with van der Waals surface area (Å²) in [5, 5.41) is 1.21. The standard InChI is InChI=1S/C20H14BrCl2NO/c21-16-5-8-18(9-6-16)24-12-14-2-1-3-19(10-14)25-13-15-4-7-17(22)11-20(15)23/h1-12H,13H2. The summed E-state index contributed by atoms with van der Waals surface area (Å²) in [5.74, 6) is 0.755. The SMILES string of the molecule is Clc1ccc(COc2cccc(C=Nc3ccc(Br)cc3)c2)c(Cl)c1. The Morgan fingerprint density at radius 1 is 0.960 bits per heavy atom. The van der Waals surface area contributed by atoms with E-state index in [9.17, 15) is 0 Å². The Kier molecular flexibility index (Phi) is 6.14. The molecule has 0 N–H and O–H groups in total. The van der Waals surface area contributed by atoms with Crippen molar-refractivity contribution in [1.29, 1.82) is 0 Å². The summed E-state index contributed by atoms with van der Waals surface area (Å²) in [6.45, 7) is 0.378. The summed E-state index contributed by atoms with van der Waals surface area (Å²) >= 11 is 15.5. The molecule has 0 bridgehead atoms. The van der Waals surface area contributed by atoms with Gasteiger partial charge in [0.15, 0.2) is 0 Å². The second-order valence-electron chi connectivity index (χ2n) is 5.33. The van der Waals surface area contributed by atoms with Crippen LogP contribution in [0.25, 0.3) is 0 Å². The molecule has 2 nitrogen and oxygen atoms in total. The highest BCUT2D eigenvalue weighted by Gasteiger charge is 2.03. The molecular formula is C20H14BrCl2NO. The first-order valence-electron chi connectivity index (χ1n) is 7.56. The molecule has 25 heavy (non-hydrogen) atoms. The fourth-order valence-corrected chi connectivity index (χ4v) is 2.89. The van der Waals surface area contributed by atoms with Crippen LogP contribution < -0.4 is 4.74 Å². The average Bonchev–Trinajstić information content (AvgIpc) is 2.61. The van der Waals surface area contributed by atoms with Gasteiger partial charge in [0.2, 0.25) is 0 Å². The number of nitrogens with zero attached hydrogens (tertiary/aromatic N) is 1. The third-order valence-electron chi connectivity index (χ3n) is 3.46. The fraction of sp³-hybridized carbons (Fsp3) is 0.0500. The Bertz CT molecular complexity index is 894. The average molecular weight is 435 g/mol. The smallest absolute Gasteiger partial charge is 0.120 e. The lowest BCUT2D eigenvalue weighted by atomic mass is 10.2. The van der Waals surface area contributed by atoms with E-state index in [-0.39, 0.29) is 0 Å². The van der Waals surface area contributed by atoms with Crippen LogP contribution in [0.2, 0.25) is 10.0 Å². The van der Waals surface area contributed by atoms with E-state index in [0.717, 1.165) is 27.0 Å². The molecule has 0 fully saturated rings. The summed E-state index contributed by atoms with van der Waals surface area (Å²) in [4.78, 5) is 4.46. The molecule has 0 saturated carbocycles. The van der Waals surface area contributed by atoms with Gasteiger partial charge in [0.1, 0.15) is 12.4 Å². The molecule has 126 valence electrons. The lowest BCUT2D eigenvalue weighted by Crippen LogP contribution is -1.96. The highest BCUT2D eigenvalue weighted by atomic mass is 79.9. The van der Waals surface area contributed by atoms with E-state index in [1.54, 1.807) is 12.1 Å². The number of hydrogen-bond acceptors (Lipinski definition) is 2. The van der Waals surface area contributed by atoms with Crippen LogP contribution in [-0.2, 0) is 6.61 Å². The van der Waals surface area contributed by atoms with Crippen molar-refractivity contribution in [3.63, 3.8) is 0 Å². The molecule has 0 aliphatic heterocycles. The molecule has 0 amide bonds. The zero-order valence-electron chi connectivity index (χ0n) is 13.1. The summed E-state index contributed by atoms with van der Waals surface area (Å²) < 4.78 is 6.86. The molecule has 0 spiro atoms. The minimum atomic E-state index is 0.378. The zero-order chi connectivity index (χ0) is 17.6. The molecule has 0 aromatic heterocycles. The van der Waals surface area contributed by atoms with Crippen LogP contribution in [0.15, 0.2) is 76.2 Å². The molecular weight excluding hydrogens is 421 g/mol. The molecule has 0 saturated heterocycles. The summed E-state index contributed by atoms with van der Waals surface area (Å²) in [6.07, 6.45) is 1.81. The number of aliphatic imine (C=N–C) groups is 1. The van der Waals surface area contributed by atoms with Crippen LogP contribution in [0.5, 0.6) is 5.75 Å². The van der Waals surface area contributed by atoms with Gasteiger partial charge in [-0.1, -0.05) is 57.3 Å². The van der Waals surface area contributed by atoms with Gasteiger partial charge in [-0.3, -0.25) is 4.99 Å². The third kappa shape index (κ3) is 5.33. The normalized spacial score (nSPS) is 11.0. The Labute approximate surface area is 165 Å². The van der Waals surface area contributed by atoms with Crippen molar-refractivity contribution in [1.82, 2.24) is 0 Å². The van der Waals surface area contributed by atoms with Crippen molar-refractivity contribution in [2.45, 2.75) is 6.61 Å². The second-order valence-corrected chi connectivity index (χ2v) is 7.09. The van der Waals surface area contributed by atoms with E-state index in [2.05, 4.69) is 20.9 Å². The van der Waals surface area contributed by atoms with Gasteiger partial charge in [-0.2, -0.15) is 0 Å². The topological polar surface area (TPSA) is 21.6 Å². The highest BCUT2D eigenvalue weighted by molar-refractivity contribution is 9.10. The van der Waals surface area contributed by atoms with E-state index < -0.39 is 0 Å². The van der Waals surface area contributed by atoms with Crippen molar-refractivity contribution in [3.05, 3.63) is 92.4 Å². The number of rotatable bonds is 5. The van der Waals surface area contributed by atoms with Crippen molar-refractivity contribution in [3.8, 4) is 5.75 Å². The van der Waals surface area contributed by atoms with Crippen LogP contribution in [0.1, 0.15) is 11.1 Å². The Hall–Kier alpha value is -1.81. The van der Waals surface area contributed by atoms with Gasteiger partial charge in [0, 0.05) is 26.3 Å². The minimum Gasteiger partial charge on any atom is -0.489 e. The summed E-state index contributed by atoms with van der Waals surface area (Å²) in [7, 11) is 0. The second kappa shape index (κ2) is 8.52. The zero-order valence-corrected chi connectivity index (χ0v) is 16.2. The van der Waals surface area contributed by atoms with Gasteiger partial charge in [-0.25, -0.2) is 0 Å². The minimum absolute atomic E-state index is 0.378. The van der Waals surface area contributed by atoms with Gasteiger partial charge in [0.25, 0.3) is 0 Å². The predicted octanol–water partition coefficient (Wildman–Crippen LogP) is 7.09. The molecule has 0 aliphatic carbocycles. The first-order valence-corrected chi connectivity index (χ1v) is 9.11. The van der Waals surface area contributed by atoms with Crippen LogP contribution in [0, 0.1) is 0 Å². The van der Waals surface area contributed by atoms with Crippen molar-refractivity contribution >= 4 is 51.0 Å². The Balaban J connectivity index is 1.67. The van der Waals surface area contributed by atoms with E-state index in [1.807, 2.05) is 60.8 Å². The highest BCUT2D eigenvalue weighted by Crippen LogP contribution is 2.23. The van der Waals surface area contributed by atoms with E-state index in [0.29, 0.717) is 16.7 Å². The maximum absolute atomic E-state index is 6.17. The van der Waals surface area contributed by atoms with E-state index >= 15 is 0 Å². The lowest BCUT2D eigenvalue weighted by Gasteiger charge is -2.08. The van der Waals surface area contributed by atoms with Gasteiger partial charge in [-0.05, 0) is 54.1 Å². The summed E-state index contributed by atoms with van der Waals surface area (Å²) in [5.41, 5.74) is 2.74. The maximum Gasteiger partial charge on any atom is 0.120 e. The van der Waals surface area contributed by atoms with Gasteiger partial charge < -0.3 is 4.74 Å². The quantitative estimate of drug-likeness (QED) is 0.393. The predicted molar refractivity (Wildman–Crippen MR) is 109 cm³/mol. The first-order chi connectivity index (χ1) is 12.1. The molecule has 0 aliphatic rings. The van der Waals surface area contributed by atoms with Gasteiger partial charge >= 0.3 is 0 Å². The van der Waals surface area contributed by atoms with Crippen LogP contribution in [0.4, 0.5) is 5.69 Å². The molecule has 0 heterocycles. The van der Waals surface area contributed by atoms with Crippen molar-refractivity contribution in [2.75, 3.05) is 0 Å². The third-order valence-corrected chi connectivity index (χ3v) is 4.57. The van der Waals surface area contributed by atoms with Crippen LogP contribution in [0.3, 0.4) is 0 Å². The Morgan fingerprint density at radius 3 is 2.52 bits per heavy atom. The monoisotopic (exact) mass is 433 g/mol. The maximum atomic E-state index is 6.17. The van der Waals surface area contributed by atoms with E-state index in [1.165, 1.54) is 0 Å². The van der Waals surface area contributed by atoms with Crippen LogP contribution >= 0.6 is 39.1 Å². The largest absolute Gasteiger partial charge is 0.489 e. The number of halogens is 3. The van der Waals surface area contributed by atoms with Crippen LogP contribution in [-0.4, -0.2) is 6.21 Å². The molecule has 0 atom stereocenters. The van der Waals surface area contributed by atoms with Crippen molar-refractivity contribution < 1.29 is 4.74 Å². The molecule has 0 radical (unpaired) electrons. The molecule has 3 aromatic rings. The number of ether oxygens (including phenoxy) is 1. The fourth-order valence-electron chi connectivity index (χ4n) is 2.16. The van der Waals surface area contributed by atoms with Gasteiger partial charge in [-0.15, -0.1) is 0 Å². The molecule has 3 rings (SSSR count). The van der Waals surface area contributed by atoms with Gasteiger partial charge in [0.05, 0.1) is 5.69 Å². The first kappa shape index (κ1) is 18.0. The number of benzene rings is 3. The molecule has 3 aromatic carbocycles. The van der Waals surface area contributed by atoms with E-state index in [4.69, 9.17) is 27.9 Å². The lowest BCUT2D eigenvalue weighted by molar-refractivity contribution is 0.306. The van der Waals surface area contributed by atoms with Crippen molar-refractivity contribution in [2.24, 2.45) is 4.99 Å². The molecule has 5 heteroatoms. The Morgan fingerprint density at radius 2 is 1.76 bits per heavy atom. The number of hydrogen-bond donors (Lipinski definition) is 0. The summed E-state index contributed by atoms with van der Waals surface area (Å²) in [6, 6.07) is 20.9.